The Kier molecular flexibility index (Phi) is 8.74. The van der Waals surface area contributed by atoms with Gasteiger partial charge in [-0.1, -0.05) is 12.1 Å². The van der Waals surface area contributed by atoms with Crippen LogP contribution in [-0.2, 0) is 16.0 Å². The largest absolute Gasteiger partial charge is 0.478 e. The van der Waals surface area contributed by atoms with Crippen molar-refractivity contribution in [1.29, 1.82) is 0 Å². The Morgan fingerprint density at radius 3 is 2.50 bits per heavy atom. The van der Waals surface area contributed by atoms with Gasteiger partial charge < -0.3 is 25.0 Å². The lowest BCUT2D eigenvalue weighted by Gasteiger charge is -2.39. The van der Waals surface area contributed by atoms with E-state index in [0.717, 1.165) is 47.3 Å². The van der Waals surface area contributed by atoms with Gasteiger partial charge in [0, 0.05) is 18.7 Å². The van der Waals surface area contributed by atoms with Gasteiger partial charge in [0.2, 0.25) is 5.91 Å². The van der Waals surface area contributed by atoms with Gasteiger partial charge in [-0.05, 0) is 107 Å². The number of amides is 2. The van der Waals surface area contributed by atoms with Crippen LogP contribution in [0.3, 0.4) is 0 Å². The maximum absolute atomic E-state index is 12.5. The number of aromatic carboxylic acids is 1. The molecule has 194 valence electrons. The number of hydrogen-bond donors (Lipinski definition) is 2. The number of nitrogens with one attached hydrogen (secondary N) is 1. The van der Waals surface area contributed by atoms with Crippen LogP contribution in [0.2, 0.25) is 0 Å². The Hall–Kier alpha value is -3.39. The quantitative estimate of drug-likeness (QED) is 0.542. The topological polar surface area (TPSA) is 99.2 Å². The summed E-state index contributed by atoms with van der Waals surface area (Å²) in [6.07, 6.45) is 1.42. The first-order valence-electron chi connectivity index (χ1n) is 12.4. The molecule has 2 N–H and O–H groups in total. The number of carboxylic acids is 1. The Morgan fingerprint density at radius 1 is 1.17 bits per heavy atom. The minimum absolute atomic E-state index is 0.0603. The second-order valence-electron chi connectivity index (χ2n) is 9.98. The van der Waals surface area contributed by atoms with Crippen LogP contribution in [0.25, 0.3) is 11.1 Å². The van der Waals surface area contributed by atoms with Crippen molar-refractivity contribution in [3.8, 4) is 11.1 Å². The molecule has 0 saturated heterocycles. The maximum Gasteiger partial charge on any atom is 0.407 e. The maximum atomic E-state index is 12.5. The summed E-state index contributed by atoms with van der Waals surface area (Å²) in [4.78, 5) is 40.4. The van der Waals surface area contributed by atoms with Crippen molar-refractivity contribution in [2.45, 2.75) is 65.1 Å². The van der Waals surface area contributed by atoms with Crippen LogP contribution in [0.1, 0.15) is 68.1 Å². The molecule has 1 heterocycles. The van der Waals surface area contributed by atoms with Crippen molar-refractivity contribution in [2.75, 3.05) is 25.5 Å². The number of nitrogens with zero attached hydrogens (tertiary/aromatic N) is 2. The predicted molar refractivity (Wildman–Crippen MR) is 140 cm³/mol. The Morgan fingerprint density at radius 2 is 1.89 bits per heavy atom. The van der Waals surface area contributed by atoms with Gasteiger partial charge in [0.05, 0.1) is 17.7 Å². The third-order valence-electron chi connectivity index (χ3n) is 6.37. The summed E-state index contributed by atoms with van der Waals surface area (Å²) in [5, 5.41) is 12.5. The number of aryl methyl sites for hydroxylation is 1. The van der Waals surface area contributed by atoms with Crippen molar-refractivity contribution < 1.29 is 24.2 Å². The van der Waals surface area contributed by atoms with Crippen LogP contribution >= 0.6 is 0 Å². The van der Waals surface area contributed by atoms with Gasteiger partial charge in [-0.15, -0.1) is 0 Å². The van der Waals surface area contributed by atoms with E-state index in [9.17, 15) is 19.5 Å². The molecular weight excluding hydrogens is 458 g/mol. The van der Waals surface area contributed by atoms with Gasteiger partial charge in [0.1, 0.15) is 0 Å². The number of benzene rings is 2. The number of anilines is 1. The zero-order valence-electron chi connectivity index (χ0n) is 22.0. The first-order valence-corrected chi connectivity index (χ1v) is 12.4. The molecule has 2 aromatic rings. The van der Waals surface area contributed by atoms with Crippen LogP contribution in [-0.4, -0.2) is 60.8 Å². The minimum atomic E-state index is -0.958. The van der Waals surface area contributed by atoms with E-state index >= 15 is 0 Å². The zero-order chi connectivity index (χ0) is 26.6. The van der Waals surface area contributed by atoms with Crippen molar-refractivity contribution in [1.82, 2.24) is 10.2 Å². The van der Waals surface area contributed by atoms with Gasteiger partial charge in [0.15, 0.2) is 0 Å². The normalized spacial score (nSPS) is 17.2. The fourth-order valence-electron chi connectivity index (χ4n) is 4.84. The van der Waals surface area contributed by atoms with Gasteiger partial charge in [-0.3, -0.25) is 4.79 Å². The van der Waals surface area contributed by atoms with Crippen LogP contribution in [0.5, 0.6) is 0 Å². The van der Waals surface area contributed by atoms with Crippen molar-refractivity contribution in [3.63, 3.8) is 0 Å². The molecule has 3 rings (SSSR count). The molecule has 8 nitrogen and oxygen atoms in total. The van der Waals surface area contributed by atoms with E-state index in [1.165, 1.54) is 0 Å². The molecule has 2 aromatic carbocycles. The number of fused-ring (bicyclic) bond motifs is 1. The number of alkyl carbamates (subject to hydrolysis) is 1. The lowest BCUT2D eigenvalue weighted by molar-refractivity contribution is -0.117. The van der Waals surface area contributed by atoms with Gasteiger partial charge in [-0.2, -0.15) is 0 Å². The fourth-order valence-corrected chi connectivity index (χ4v) is 4.84. The average Bonchev–Trinajstić information content (AvgIpc) is 2.77. The van der Waals surface area contributed by atoms with Crippen molar-refractivity contribution in [3.05, 3.63) is 53.1 Å². The SMILES string of the molecule is CC(=O)N1c2ccc(-c3ccc(C(=O)O)cc3CCCN(C)C)cc2[C@H](NC(=O)OC(C)C)C[C@@H]1C. The average molecular weight is 496 g/mol. The molecule has 0 unspecified atom stereocenters. The lowest BCUT2D eigenvalue weighted by Crippen LogP contribution is -2.45. The van der Waals surface area contributed by atoms with Crippen LogP contribution in [0, 0.1) is 0 Å². The Balaban J connectivity index is 2.06. The van der Waals surface area contributed by atoms with E-state index in [2.05, 4.69) is 10.2 Å². The van der Waals surface area contributed by atoms with Gasteiger partial charge in [0.25, 0.3) is 0 Å². The highest BCUT2D eigenvalue weighted by Crippen LogP contribution is 2.40. The van der Waals surface area contributed by atoms with Crippen molar-refractivity contribution >= 4 is 23.7 Å². The highest BCUT2D eigenvalue weighted by Gasteiger charge is 2.34. The molecule has 2 atom stereocenters. The molecule has 2 amide bonds. The van der Waals surface area contributed by atoms with Crippen molar-refractivity contribution in [2.24, 2.45) is 0 Å². The molecule has 8 heteroatoms. The third kappa shape index (κ3) is 6.43. The molecule has 1 aliphatic heterocycles. The highest BCUT2D eigenvalue weighted by molar-refractivity contribution is 5.94. The van der Waals surface area contributed by atoms with Crippen LogP contribution in [0.4, 0.5) is 10.5 Å². The second kappa shape index (κ2) is 11.6. The Bertz CT molecular complexity index is 1130. The molecule has 0 aliphatic carbocycles. The van der Waals surface area contributed by atoms with Crippen LogP contribution in [0.15, 0.2) is 36.4 Å². The first-order chi connectivity index (χ1) is 17.0. The molecule has 1 aliphatic rings. The minimum Gasteiger partial charge on any atom is -0.478 e. The third-order valence-corrected chi connectivity index (χ3v) is 6.37. The monoisotopic (exact) mass is 495 g/mol. The van der Waals surface area contributed by atoms with Gasteiger partial charge >= 0.3 is 12.1 Å². The molecule has 36 heavy (non-hydrogen) atoms. The summed E-state index contributed by atoms with van der Waals surface area (Å²) in [7, 11) is 4.02. The van der Waals surface area contributed by atoms with E-state index in [0.29, 0.717) is 6.42 Å². The second-order valence-corrected chi connectivity index (χ2v) is 9.98. The van der Waals surface area contributed by atoms with Crippen LogP contribution < -0.4 is 10.2 Å². The highest BCUT2D eigenvalue weighted by atomic mass is 16.6. The summed E-state index contributed by atoms with van der Waals surface area (Å²) < 4.78 is 5.32. The number of rotatable bonds is 8. The lowest BCUT2D eigenvalue weighted by atomic mass is 9.87. The van der Waals surface area contributed by atoms with E-state index in [1.807, 2.05) is 45.3 Å². The fraction of sp³-hybridized carbons (Fsp3) is 0.464. The summed E-state index contributed by atoms with van der Waals surface area (Å²) >= 11 is 0. The molecule has 0 saturated carbocycles. The first kappa shape index (κ1) is 27.2. The summed E-state index contributed by atoms with van der Waals surface area (Å²) in [5.74, 6) is -1.02. The van der Waals surface area contributed by atoms with Gasteiger partial charge in [-0.25, -0.2) is 9.59 Å². The number of carboxylic acid groups (broad SMARTS) is 1. The van der Waals surface area contributed by atoms with E-state index in [-0.39, 0.29) is 29.7 Å². The van der Waals surface area contributed by atoms with E-state index in [1.54, 1.807) is 37.8 Å². The number of hydrogen-bond acceptors (Lipinski definition) is 5. The molecular formula is C28H37N3O5. The number of ether oxygens (including phenoxy) is 1. The summed E-state index contributed by atoms with van der Waals surface area (Å²) in [5.41, 5.74) is 4.65. The summed E-state index contributed by atoms with van der Waals surface area (Å²) in [6.45, 7) is 7.99. The molecule has 0 fully saturated rings. The van der Waals surface area contributed by atoms with E-state index in [4.69, 9.17) is 4.74 Å². The molecule has 0 bridgehead atoms. The standard InChI is InChI=1S/C28H37N3O5/c1-17(2)36-28(35)29-25-14-18(3)31(19(4)32)26-12-10-21(16-24(25)26)23-11-9-22(27(33)34)15-20(23)8-7-13-30(5)6/h9-12,15-18,25H,7-8,13-14H2,1-6H3,(H,29,35)(H,33,34)/t18-,25+/m0/s1. The van der Waals surface area contributed by atoms with E-state index < -0.39 is 12.1 Å². The number of carbonyl (C=O) groups is 3. The zero-order valence-corrected chi connectivity index (χ0v) is 22.0. The summed E-state index contributed by atoms with van der Waals surface area (Å²) in [6, 6.07) is 10.7. The predicted octanol–water partition coefficient (Wildman–Crippen LogP) is 4.87. The molecule has 0 spiro atoms. The smallest absolute Gasteiger partial charge is 0.407 e. The molecule has 0 radical (unpaired) electrons. The Labute approximate surface area is 213 Å². The number of carbonyl (C=O) groups excluding carboxylic acids is 2. The molecule has 0 aromatic heterocycles.